The van der Waals surface area contributed by atoms with Gasteiger partial charge in [-0.1, -0.05) is 24.7 Å². The first kappa shape index (κ1) is 17.9. The van der Waals surface area contributed by atoms with Crippen LogP contribution in [0.15, 0.2) is 24.5 Å². The maximum Gasteiger partial charge on any atom is 0.225 e. The maximum absolute atomic E-state index is 12.7. The summed E-state index contributed by atoms with van der Waals surface area (Å²) in [6.45, 7) is 7.70. The molecule has 1 fully saturated rings. The zero-order chi connectivity index (χ0) is 17.6. The highest BCUT2D eigenvalue weighted by molar-refractivity contribution is 7.17. The Hall–Kier alpha value is -1.89. The Kier molecular flexibility index (Phi) is 6.07. The van der Waals surface area contributed by atoms with Gasteiger partial charge in [0.25, 0.3) is 0 Å². The minimum absolute atomic E-state index is 0.157. The van der Waals surface area contributed by atoms with Gasteiger partial charge in [-0.25, -0.2) is 0 Å². The normalized spacial score (nSPS) is 15.5. The molecular weight excluding hydrogens is 334 g/mol. The first-order valence-electron chi connectivity index (χ1n) is 9.23. The van der Waals surface area contributed by atoms with Crippen LogP contribution in [0.3, 0.4) is 0 Å². The maximum atomic E-state index is 12.7. The fourth-order valence-electron chi connectivity index (χ4n) is 3.25. The van der Waals surface area contributed by atoms with E-state index in [2.05, 4.69) is 28.9 Å². The molecule has 1 aliphatic rings. The first-order chi connectivity index (χ1) is 12.2. The van der Waals surface area contributed by atoms with Crippen molar-refractivity contribution >= 4 is 22.4 Å². The van der Waals surface area contributed by atoms with E-state index in [9.17, 15) is 4.79 Å². The Morgan fingerprint density at radius 1 is 1.20 bits per heavy atom. The number of nitrogens with zero attached hydrogens (tertiary/aromatic N) is 5. The second-order valence-corrected chi connectivity index (χ2v) is 7.42. The molecule has 0 N–H and O–H groups in total. The summed E-state index contributed by atoms with van der Waals surface area (Å²) in [5.74, 6) is 0.491. The second-order valence-electron chi connectivity index (χ2n) is 6.49. The fourth-order valence-corrected chi connectivity index (χ4v) is 4.12. The Balaban J connectivity index is 1.55. The molecule has 3 heterocycles. The van der Waals surface area contributed by atoms with Gasteiger partial charge in [0.05, 0.1) is 0 Å². The third kappa shape index (κ3) is 4.21. The van der Waals surface area contributed by atoms with Crippen molar-refractivity contribution in [3.8, 4) is 5.13 Å². The van der Waals surface area contributed by atoms with E-state index in [0.29, 0.717) is 5.91 Å². The molecule has 7 heteroatoms. The summed E-state index contributed by atoms with van der Waals surface area (Å²) in [6.07, 6.45) is 7.98. The number of piperidine rings is 1. The summed E-state index contributed by atoms with van der Waals surface area (Å²) >= 11 is 1.60. The van der Waals surface area contributed by atoms with E-state index in [4.69, 9.17) is 0 Å². The van der Waals surface area contributed by atoms with Gasteiger partial charge in [0, 0.05) is 44.5 Å². The molecule has 6 nitrogen and oxygen atoms in total. The topological polar surface area (TPSA) is 54.3 Å². The van der Waals surface area contributed by atoms with Gasteiger partial charge < -0.3 is 9.80 Å². The van der Waals surface area contributed by atoms with Crippen molar-refractivity contribution in [3.63, 3.8) is 0 Å². The van der Waals surface area contributed by atoms with E-state index < -0.39 is 0 Å². The molecule has 0 bridgehead atoms. The Labute approximate surface area is 153 Å². The quantitative estimate of drug-likeness (QED) is 0.760. The molecule has 0 atom stereocenters. The summed E-state index contributed by atoms with van der Waals surface area (Å²) < 4.78 is 1.98. The van der Waals surface area contributed by atoms with Crippen molar-refractivity contribution in [2.75, 3.05) is 31.1 Å². The molecule has 0 radical (unpaired) electrons. The van der Waals surface area contributed by atoms with Crippen molar-refractivity contribution in [1.82, 2.24) is 19.7 Å². The van der Waals surface area contributed by atoms with Crippen LogP contribution in [-0.2, 0) is 4.79 Å². The number of rotatable bonds is 7. The number of amides is 1. The van der Waals surface area contributed by atoms with Crippen LogP contribution in [0.4, 0.5) is 5.13 Å². The highest BCUT2D eigenvalue weighted by Crippen LogP contribution is 2.28. The number of anilines is 1. The van der Waals surface area contributed by atoms with Crippen LogP contribution >= 0.6 is 11.3 Å². The number of unbranched alkanes of at least 4 members (excludes halogenated alkanes) is 1. The van der Waals surface area contributed by atoms with Gasteiger partial charge in [-0.15, -0.1) is 10.2 Å². The number of carbonyl (C=O) groups is 1. The molecule has 1 aliphatic heterocycles. The Morgan fingerprint density at radius 3 is 2.52 bits per heavy atom. The summed E-state index contributed by atoms with van der Waals surface area (Å²) in [5, 5.41) is 10.4. The number of hydrogen-bond donors (Lipinski definition) is 0. The van der Waals surface area contributed by atoms with Gasteiger partial charge in [-0.2, -0.15) is 0 Å². The molecule has 0 aliphatic carbocycles. The van der Waals surface area contributed by atoms with Gasteiger partial charge >= 0.3 is 0 Å². The molecular formula is C18H27N5OS. The lowest BCUT2D eigenvalue weighted by molar-refractivity contribution is -0.136. The van der Waals surface area contributed by atoms with Gasteiger partial charge in [-0.3, -0.25) is 9.36 Å². The third-order valence-corrected chi connectivity index (χ3v) is 5.82. The molecule has 0 saturated carbocycles. The molecule has 3 rings (SSSR count). The molecule has 136 valence electrons. The predicted molar refractivity (Wildman–Crippen MR) is 101 cm³/mol. The lowest BCUT2D eigenvalue weighted by atomic mass is 9.95. The average Bonchev–Trinajstić information content (AvgIpc) is 3.33. The van der Waals surface area contributed by atoms with E-state index in [0.717, 1.165) is 62.1 Å². The smallest absolute Gasteiger partial charge is 0.225 e. The van der Waals surface area contributed by atoms with Crippen LogP contribution in [0.5, 0.6) is 0 Å². The van der Waals surface area contributed by atoms with Crippen LogP contribution in [0, 0.1) is 5.92 Å². The van der Waals surface area contributed by atoms with Crippen molar-refractivity contribution in [2.45, 2.75) is 39.5 Å². The Morgan fingerprint density at radius 2 is 1.88 bits per heavy atom. The van der Waals surface area contributed by atoms with Crippen LogP contribution in [-0.4, -0.2) is 51.8 Å². The summed E-state index contributed by atoms with van der Waals surface area (Å²) in [4.78, 5) is 17.0. The molecule has 1 saturated heterocycles. The predicted octanol–water partition coefficient (Wildman–Crippen LogP) is 3.19. The van der Waals surface area contributed by atoms with Crippen molar-refractivity contribution < 1.29 is 4.79 Å². The molecule has 2 aromatic rings. The summed E-state index contributed by atoms with van der Waals surface area (Å²) in [7, 11) is 0. The van der Waals surface area contributed by atoms with Crippen LogP contribution in [0.2, 0.25) is 0 Å². The summed E-state index contributed by atoms with van der Waals surface area (Å²) in [6, 6.07) is 3.96. The van der Waals surface area contributed by atoms with Crippen LogP contribution < -0.4 is 4.90 Å². The second kappa shape index (κ2) is 8.47. The van der Waals surface area contributed by atoms with Crippen molar-refractivity contribution in [3.05, 3.63) is 24.5 Å². The van der Waals surface area contributed by atoms with E-state index in [1.165, 1.54) is 0 Å². The highest BCUT2D eigenvalue weighted by Gasteiger charge is 2.29. The van der Waals surface area contributed by atoms with Crippen molar-refractivity contribution in [1.29, 1.82) is 0 Å². The number of hydrogen-bond acceptors (Lipinski definition) is 5. The van der Waals surface area contributed by atoms with E-state index in [1.807, 2.05) is 34.0 Å². The van der Waals surface area contributed by atoms with Gasteiger partial charge in [0.15, 0.2) is 0 Å². The minimum Gasteiger partial charge on any atom is -0.347 e. The SMILES string of the molecule is CCCCN(CC)C(=O)C1CCN(c2nnc(-n3cccc3)s2)CC1. The standard InChI is InChI=1S/C18H27N5OS/c1-3-5-10-21(4-2)16(24)15-8-13-23(14-9-15)18-20-19-17(25-18)22-11-6-7-12-22/h6-7,11-12,15H,3-5,8-10,13-14H2,1-2H3. The van der Waals surface area contributed by atoms with Crippen LogP contribution in [0.1, 0.15) is 39.5 Å². The van der Waals surface area contributed by atoms with E-state index in [-0.39, 0.29) is 5.92 Å². The zero-order valence-electron chi connectivity index (χ0n) is 15.1. The fraction of sp³-hybridized carbons (Fsp3) is 0.611. The van der Waals surface area contributed by atoms with Gasteiger partial charge in [0.1, 0.15) is 0 Å². The third-order valence-electron chi connectivity index (χ3n) is 4.82. The monoisotopic (exact) mass is 361 g/mol. The Bertz CT molecular complexity index is 661. The minimum atomic E-state index is 0.157. The average molecular weight is 362 g/mol. The van der Waals surface area contributed by atoms with E-state index >= 15 is 0 Å². The molecule has 0 spiro atoms. The van der Waals surface area contributed by atoms with Crippen LogP contribution in [0.25, 0.3) is 5.13 Å². The summed E-state index contributed by atoms with van der Waals surface area (Å²) in [5.41, 5.74) is 0. The zero-order valence-corrected chi connectivity index (χ0v) is 15.9. The molecule has 0 aromatic carbocycles. The molecule has 1 amide bonds. The first-order valence-corrected chi connectivity index (χ1v) is 10.0. The molecule has 25 heavy (non-hydrogen) atoms. The van der Waals surface area contributed by atoms with Gasteiger partial charge in [-0.05, 0) is 38.3 Å². The van der Waals surface area contributed by atoms with Crippen molar-refractivity contribution in [2.24, 2.45) is 5.92 Å². The van der Waals surface area contributed by atoms with Gasteiger partial charge in [0.2, 0.25) is 16.2 Å². The molecule has 2 aromatic heterocycles. The van der Waals surface area contributed by atoms with E-state index in [1.54, 1.807) is 11.3 Å². The number of aromatic nitrogens is 3. The highest BCUT2D eigenvalue weighted by atomic mass is 32.1. The largest absolute Gasteiger partial charge is 0.347 e. The lowest BCUT2D eigenvalue weighted by Gasteiger charge is -2.33. The number of carbonyl (C=O) groups excluding carboxylic acids is 1. The lowest BCUT2D eigenvalue weighted by Crippen LogP contribution is -2.43. The molecule has 0 unspecified atom stereocenters.